The number of nitrogens with zero attached hydrogens (tertiary/aromatic N) is 5. The Kier molecular flexibility index (Phi) is 7.97. The van der Waals surface area contributed by atoms with E-state index in [2.05, 4.69) is 15.4 Å². The van der Waals surface area contributed by atoms with Crippen LogP contribution in [0.2, 0.25) is 0 Å². The van der Waals surface area contributed by atoms with E-state index in [1.54, 1.807) is 17.5 Å². The van der Waals surface area contributed by atoms with E-state index in [4.69, 9.17) is 4.74 Å². The number of hydrogen-bond acceptors (Lipinski definition) is 9. The van der Waals surface area contributed by atoms with Crippen LogP contribution in [0.3, 0.4) is 0 Å². The Bertz CT molecular complexity index is 1270. The summed E-state index contributed by atoms with van der Waals surface area (Å²) < 4.78 is 5.64. The van der Waals surface area contributed by atoms with Gasteiger partial charge in [0.25, 0.3) is 11.8 Å². The number of carbonyl (C=O) groups is 2. The number of nitro groups is 1. The molecule has 4 rings (SSSR count). The molecule has 3 heterocycles. The average molecular weight is 525 g/mol. The molecule has 0 radical (unpaired) electrons. The standard InChI is InChI=1S/C25H28N6O5S/c1-16(2)36-19-8-6-18(7-9-19)25(33)30-13-10-17(11-14-30)24-27-20(15-37-24)23(32)28-29(3)22-21(31(34)35)5-4-12-26-22/h4-9,12,15-17H,10-11,13-14H2,1-3H3,(H,28,32). The van der Waals surface area contributed by atoms with Gasteiger partial charge in [-0.3, -0.25) is 30.1 Å². The molecule has 194 valence electrons. The zero-order valence-corrected chi connectivity index (χ0v) is 21.6. The SMILES string of the molecule is CC(C)Oc1ccc(C(=O)N2CCC(c3nc(C(=O)NN(C)c4ncccc4[N+](=O)[O-])cs3)CC2)cc1. The van der Waals surface area contributed by atoms with Crippen molar-refractivity contribution in [3.8, 4) is 5.75 Å². The Morgan fingerprint density at radius 1 is 1.22 bits per heavy atom. The molecule has 0 saturated carbocycles. The highest BCUT2D eigenvalue weighted by molar-refractivity contribution is 7.09. The zero-order chi connectivity index (χ0) is 26.5. The summed E-state index contributed by atoms with van der Waals surface area (Å²) in [5, 5.41) is 15.0. The highest BCUT2D eigenvalue weighted by Gasteiger charge is 2.27. The van der Waals surface area contributed by atoms with Crippen LogP contribution in [0.15, 0.2) is 48.0 Å². The number of likely N-dealkylation sites (tertiary alicyclic amines) is 1. The van der Waals surface area contributed by atoms with E-state index >= 15 is 0 Å². The first-order valence-corrected chi connectivity index (χ1v) is 12.8. The second-order valence-electron chi connectivity index (χ2n) is 8.93. The third kappa shape index (κ3) is 6.20. The number of thiazole rings is 1. The van der Waals surface area contributed by atoms with Crippen molar-refractivity contribution in [3.63, 3.8) is 0 Å². The Hall–Kier alpha value is -4.06. The van der Waals surface area contributed by atoms with Crippen LogP contribution in [-0.4, -0.2) is 57.8 Å². The molecule has 3 aromatic rings. The molecule has 0 bridgehead atoms. The lowest BCUT2D eigenvalue weighted by molar-refractivity contribution is -0.384. The monoisotopic (exact) mass is 524 g/mol. The van der Waals surface area contributed by atoms with Crippen LogP contribution in [0.1, 0.15) is 58.5 Å². The first-order valence-electron chi connectivity index (χ1n) is 11.9. The Labute approximate surface area is 218 Å². The average Bonchev–Trinajstić information content (AvgIpc) is 3.39. The van der Waals surface area contributed by atoms with Crippen molar-refractivity contribution >= 4 is 34.7 Å². The maximum Gasteiger partial charge on any atom is 0.313 e. The number of amides is 2. The largest absolute Gasteiger partial charge is 0.491 e. The summed E-state index contributed by atoms with van der Waals surface area (Å²) in [6, 6.07) is 9.97. The van der Waals surface area contributed by atoms with Crippen LogP contribution in [0.5, 0.6) is 5.75 Å². The molecule has 1 saturated heterocycles. The van der Waals surface area contributed by atoms with Crippen LogP contribution in [-0.2, 0) is 0 Å². The van der Waals surface area contributed by atoms with Crippen molar-refractivity contribution in [2.24, 2.45) is 0 Å². The fourth-order valence-corrected chi connectivity index (χ4v) is 5.06. The van der Waals surface area contributed by atoms with Gasteiger partial charge in [-0.15, -0.1) is 11.3 Å². The number of carbonyl (C=O) groups excluding carboxylic acids is 2. The molecular formula is C25H28N6O5S. The summed E-state index contributed by atoms with van der Waals surface area (Å²) in [6.07, 6.45) is 2.98. The minimum Gasteiger partial charge on any atom is -0.491 e. The molecule has 0 spiro atoms. The lowest BCUT2D eigenvalue weighted by Crippen LogP contribution is -2.40. The van der Waals surface area contributed by atoms with E-state index in [1.165, 1.54) is 41.7 Å². The maximum absolute atomic E-state index is 12.9. The highest BCUT2D eigenvalue weighted by Crippen LogP contribution is 2.31. The minimum absolute atomic E-state index is 0.0135. The molecule has 12 heteroatoms. The second-order valence-corrected chi connectivity index (χ2v) is 9.82. The van der Waals surface area contributed by atoms with Crippen molar-refractivity contribution in [2.45, 2.75) is 38.7 Å². The van der Waals surface area contributed by atoms with Crippen molar-refractivity contribution < 1.29 is 19.2 Å². The predicted octanol–water partition coefficient (Wildman–Crippen LogP) is 4.03. The molecule has 0 aliphatic carbocycles. The Morgan fingerprint density at radius 3 is 2.57 bits per heavy atom. The number of ether oxygens (including phenoxy) is 1. The zero-order valence-electron chi connectivity index (χ0n) is 20.8. The van der Waals surface area contributed by atoms with E-state index in [9.17, 15) is 19.7 Å². The van der Waals surface area contributed by atoms with Crippen molar-refractivity contribution in [3.05, 3.63) is 74.4 Å². The Morgan fingerprint density at radius 2 is 1.92 bits per heavy atom. The third-order valence-corrected chi connectivity index (χ3v) is 6.92. The van der Waals surface area contributed by atoms with Gasteiger partial charge in [-0.1, -0.05) is 0 Å². The van der Waals surface area contributed by atoms with Gasteiger partial charge in [-0.25, -0.2) is 9.97 Å². The predicted molar refractivity (Wildman–Crippen MR) is 139 cm³/mol. The maximum atomic E-state index is 12.9. The van der Waals surface area contributed by atoms with Crippen LogP contribution >= 0.6 is 11.3 Å². The molecule has 2 amide bonds. The minimum atomic E-state index is -0.556. The van der Waals surface area contributed by atoms with Crippen molar-refractivity contribution in [1.82, 2.24) is 20.3 Å². The van der Waals surface area contributed by atoms with Crippen LogP contribution in [0.25, 0.3) is 0 Å². The summed E-state index contributed by atoms with van der Waals surface area (Å²) >= 11 is 1.40. The summed E-state index contributed by atoms with van der Waals surface area (Å²) in [5.41, 5.74) is 3.23. The molecule has 1 fully saturated rings. The lowest BCUT2D eigenvalue weighted by atomic mass is 9.97. The van der Waals surface area contributed by atoms with E-state index in [-0.39, 0.29) is 35.1 Å². The van der Waals surface area contributed by atoms with Gasteiger partial charge in [0.1, 0.15) is 11.4 Å². The smallest absolute Gasteiger partial charge is 0.313 e. The second kappa shape index (κ2) is 11.3. The number of hydrogen-bond donors (Lipinski definition) is 1. The molecule has 1 aromatic carbocycles. The lowest BCUT2D eigenvalue weighted by Gasteiger charge is -2.31. The van der Waals surface area contributed by atoms with E-state index in [0.717, 1.165) is 23.6 Å². The van der Waals surface area contributed by atoms with Gasteiger partial charge < -0.3 is 9.64 Å². The molecule has 0 unspecified atom stereocenters. The molecule has 2 aromatic heterocycles. The summed E-state index contributed by atoms with van der Waals surface area (Å²) in [5.74, 6) is 0.406. The van der Waals surface area contributed by atoms with E-state index < -0.39 is 10.8 Å². The third-order valence-electron chi connectivity index (χ3n) is 5.91. The summed E-state index contributed by atoms with van der Waals surface area (Å²) in [4.78, 5) is 46.7. The van der Waals surface area contributed by atoms with E-state index in [0.29, 0.717) is 18.7 Å². The molecule has 0 atom stereocenters. The number of benzene rings is 1. The van der Waals surface area contributed by atoms with Gasteiger partial charge in [0, 0.05) is 49.3 Å². The highest BCUT2D eigenvalue weighted by atomic mass is 32.1. The Balaban J connectivity index is 1.33. The van der Waals surface area contributed by atoms with Gasteiger partial charge in [-0.05, 0) is 57.0 Å². The molecular weight excluding hydrogens is 496 g/mol. The van der Waals surface area contributed by atoms with Crippen LogP contribution < -0.4 is 15.2 Å². The van der Waals surface area contributed by atoms with Gasteiger partial charge in [0.2, 0.25) is 5.82 Å². The number of nitrogens with one attached hydrogen (secondary N) is 1. The van der Waals surface area contributed by atoms with Gasteiger partial charge >= 0.3 is 5.69 Å². The number of pyridine rings is 1. The number of aromatic nitrogens is 2. The number of piperidine rings is 1. The first-order chi connectivity index (χ1) is 17.7. The first kappa shape index (κ1) is 26.0. The molecule has 1 N–H and O–H groups in total. The quantitative estimate of drug-likeness (QED) is 0.345. The van der Waals surface area contributed by atoms with Crippen LogP contribution in [0.4, 0.5) is 11.5 Å². The van der Waals surface area contributed by atoms with Gasteiger partial charge in [0.15, 0.2) is 0 Å². The van der Waals surface area contributed by atoms with Crippen molar-refractivity contribution in [1.29, 1.82) is 0 Å². The normalized spacial score (nSPS) is 13.9. The summed E-state index contributed by atoms with van der Waals surface area (Å²) in [6.45, 7) is 5.10. The molecule has 1 aliphatic heterocycles. The van der Waals surface area contributed by atoms with Crippen molar-refractivity contribution in [2.75, 3.05) is 25.1 Å². The van der Waals surface area contributed by atoms with E-state index in [1.807, 2.05) is 30.9 Å². The fraction of sp³-hybridized carbons (Fsp3) is 0.360. The number of rotatable bonds is 8. The summed E-state index contributed by atoms with van der Waals surface area (Å²) in [7, 11) is 1.48. The molecule has 37 heavy (non-hydrogen) atoms. The molecule has 1 aliphatic rings. The van der Waals surface area contributed by atoms with Gasteiger partial charge in [0.05, 0.1) is 16.0 Å². The fourth-order valence-electron chi connectivity index (χ4n) is 4.09. The number of anilines is 1. The molecule has 11 nitrogen and oxygen atoms in total. The topological polar surface area (TPSA) is 131 Å². The number of hydrazine groups is 1. The van der Waals surface area contributed by atoms with Gasteiger partial charge in [-0.2, -0.15) is 0 Å². The van der Waals surface area contributed by atoms with Crippen LogP contribution in [0, 0.1) is 10.1 Å².